The summed E-state index contributed by atoms with van der Waals surface area (Å²) in [5, 5.41) is 0.643. The zero-order valence-corrected chi connectivity index (χ0v) is 22.8. The Morgan fingerprint density at radius 3 is 2.51 bits per heavy atom. The van der Waals surface area contributed by atoms with E-state index in [-0.39, 0.29) is 17.7 Å². The summed E-state index contributed by atoms with van der Waals surface area (Å²) in [5.74, 6) is -0.307. The second-order valence-electron chi connectivity index (χ2n) is 8.80. The fourth-order valence-electron chi connectivity index (χ4n) is 4.34. The molecule has 39 heavy (non-hydrogen) atoms. The molecule has 5 rings (SSSR count). The minimum atomic E-state index is -0.788. The zero-order valence-electron chi connectivity index (χ0n) is 21.2. The van der Waals surface area contributed by atoms with Gasteiger partial charge in [0.1, 0.15) is 18.2 Å². The summed E-state index contributed by atoms with van der Waals surface area (Å²) in [6.07, 6.45) is 1.77. The van der Waals surface area contributed by atoms with E-state index in [9.17, 15) is 14.0 Å². The van der Waals surface area contributed by atoms with E-state index in [2.05, 4.69) is 4.99 Å². The van der Waals surface area contributed by atoms with Crippen molar-refractivity contribution in [2.75, 3.05) is 6.61 Å². The van der Waals surface area contributed by atoms with E-state index in [0.717, 1.165) is 11.1 Å². The lowest BCUT2D eigenvalue weighted by Gasteiger charge is -2.24. The van der Waals surface area contributed by atoms with Crippen molar-refractivity contribution in [2.24, 2.45) is 4.99 Å². The number of nitrogens with zero attached hydrogens (tertiary/aromatic N) is 2. The number of benzene rings is 3. The Kier molecular flexibility index (Phi) is 7.77. The van der Waals surface area contributed by atoms with Crippen LogP contribution in [0.15, 0.2) is 93.9 Å². The molecule has 198 valence electrons. The summed E-state index contributed by atoms with van der Waals surface area (Å²) >= 11 is 7.43. The minimum absolute atomic E-state index is 0.175. The molecule has 0 bridgehead atoms. The monoisotopic (exact) mass is 562 g/mol. The molecule has 0 unspecified atom stereocenters. The maximum absolute atomic E-state index is 13.7. The van der Waals surface area contributed by atoms with Gasteiger partial charge in [0.15, 0.2) is 4.80 Å². The maximum Gasteiger partial charge on any atom is 0.338 e. The molecular weight excluding hydrogens is 539 g/mol. The first-order valence-corrected chi connectivity index (χ1v) is 13.5. The molecule has 0 fully saturated rings. The number of ether oxygens (including phenoxy) is 2. The first-order chi connectivity index (χ1) is 18.9. The number of halogens is 2. The van der Waals surface area contributed by atoms with Crippen molar-refractivity contribution in [2.45, 2.75) is 26.5 Å². The van der Waals surface area contributed by atoms with Gasteiger partial charge in [-0.2, -0.15) is 0 Å². The van der Waals surface area contributed by atoms with Crippen LogP contribution < -0.4 is 19.6 Å². The van der Waals surface area contributed by atoms with Crippen LogP contribution in [0.5, 0.6) is 5.75 Å². The molecule has 0 N–H and O–H groups in total. The summed E-state index contributed by atoms with van der Waals surface area (Å²) in [5.41, 5.74) is 2.67. The standard InChI is InChI=1S/C30H24ClFN2O4S/c1-3-37-29(36)26-18(2)33-30-34(27(26)20-10-12-22(32)13-11-20)28(35)25(39-30)16-19-8-14-23(15-9-19)38-17-21-6-4-5-7-24(21)31/h4-16,27H,3,17H2,1-2H3/b25-16-/t27-/m0/s1. The van der Waals surface area contributed by atoms with Crippen LogP contribution in [-0.4, -0.2) is 17.1 Å². The second kappa shape index (κ2) is 11.4. The number of hydrogen-bond donors (Lipinski definition) is 0. The molecule has 2 heterocycles. The van der Waals surface area contributed by atoms with Crippen LogP contribution in [0, 0.1) is 5.82 Å². The number of rotatable bonds is 7. The van der Waals surface area contributed by atoms with Crippen LogP contribution in [0.3, 0.4) is 0 Å². The Labute approximate surface area is 232 Å². The van der Waals surface area contributed by atoms with Gasteiger partial charge in [0.05, 0.1) is 28.5 Å². The van der Waals surface area contributed by atoms with Crippen LogP contribution in [0.4, 0.5) is 4.39 Å². The molecule has 3 aromatic carbocycles. The van der Waals surface area contributed by atoms with E-state index < -0.39 is 17.8 Å². The Balaban J connectivity index is 1.50. The third-order valence-corrected chi connectivity index (χ3v) is 7.58. The SMILES string of the molecule is CCOC(=O)C1=C(C)N=c2s/c(=C\c3ccc(OCc4ccccc4Cl)cc3)c(=O)n2[C@H]1c1ccc(F)cc1. The molecule has 0 aliphatic carbocycles. The smallest absolute Gasteiger partial charge is 0.338 e. The van der Waals surface area contributed by atoms with Crippen LogP contribution in [0.25, 0.3) is 6.08 Å². The van der Waals surface area contributed by atoms with E-state index in [4.69, 9.17) is 21.1 Å². The van der Waals surface area contributed by atoms with E-state index in [1.807, 2.05) is 48.5 Å². The third kappa shape index (κ3) is 5.57. The largest absolute Gasteiger partial charge is 0.489 e. The number of aromatic nitrogens is 1. The first-order valence-electron chi connectivity index (χ1n) is 12.3. The third-order valence-electron chi connectivity index (χ3n) is 6.23. The number of carbonyl (C=O) groups is 1. The molecular formula is C30H24ClFN2O4S. The molecule has 1 aliphatic rings. The maximum atomic E-state index is 13.7. The van der Waals surface area contributed by atoms with Crippen LogP contribution in [0.2, 0.25) is 5.02 Å². The highest BCUT2D eigenvalue weighted by molar-refractivity contribution is 7.07. The van der Waals surface area contributed by atoms with Gasteiger partial charge < -0.3 is 9.47 Å². The molecule has 1 atom stereocenters. The summed E-state index contributed by atoms with van der Waals surface area (Å²) in [4.78, 5) is 31.6. The van der Waals surface area contributed by atoms with E-state index in [0.29, 0.717) is 38.0 Å². The van der Waals surface area contributed by atoms with Gasteiger partial charge in [0, 0.05) is 10.6 Å². The Morgan fingerprint density at radius 1 is 1.10 bits per heavy atom. The Morgan fingerprint density at radius 2 is 1.82 bits per heavy atom. The van der Waals surface area contributed by atoms with Crippen molar-refractivity contribution in [3.63, 3.8) is 0 Å². The van der Waals surface area contributed by atoms with Crippen molar-refractivity contribution < 1.29 is 18.7 Å². The number of carbonyl (C=O) groups excluding carboxylic acids is 1. The van der Waals surface area contributed by atoms with Crippen molar-refractivity contribution in [3.05, 3.63) is 131 Å². The summed E-state index contributed by atoms with van der Waals surface area (Å²) in [6.45, 7) is 3.93. The zero-order chi connectivity index (χ0) is 27.5. The van der Waals surface area contributed by atoms with Gasteiger partial charge in [-0.05, 0) is 61.4 Å². The van der Waals surface area contributed by atoms with Crippen LogP contribution in [-0.2, 0) is 16.1 Å². The summed E-state index contributed by atoms with van der Waals surface area (Å²) in [7, 11) is 0. The van der Waals surface area contributed by atoms with E-state index in [1.54, 1.807) is 32.1 Å². The van der Waals surface area contributed by atoms with Crippen molar-refractivity contribution >= 4 is 35.0 Å². The number of esters is 1. The van der Waals surface area contributed by atoms with Crippen LogP contribution in [0.1, 0.15) is 36.6 Å². The molecule has 6 nitrogen and oxygen atoms in total. The predicted molar refractivity (Wildman–Crippen MR) is 149 cm³/mol. The van der Waals surface area contributed by atoms with E-state index in [1.165, 1.54) is 28.0 Å². The lowest BCUT2D eigenvalue weighted by atomic mass is 9.96. The highest BCUT2D eigenvalue weighted by atomic mass is 35.5. The molecule has 1 aliphatic heterocycles. The normalized spacial score (nSPS) is 15.1. The summed E-state index contributed by atoms with van der Waals surface area (Å²) in [6, 6.07) is 19.8. The van der Waals surface area contributed by atoms with Gasteiger partial charge in [-0.1, -0.05) is 65.4 Å². The predicted octanol–water partition coefficient (Wildman–Crippen LogP) is 5.17. The van der Waals surface area contributed by atoms with Gasteiger partial charge >= 0.3 is 5.97 Å². The number of thiazole rings is 1. The molecule has 0 saturated carbocycles. The molecule has 0 spiro atoms. The molecule has 0 radical (unpaired) electrons. The number of allylic oxidation sites excluding steroid dienone is 1. The van der Waals surface area contributed by atoms with Gasteiger partial charge in [-0.15, -0.1) is 0 Å². The Hall–Kier alpha value is -4.01. The summed E-state index contributed by atoms with van der Waals surface area (Å²) < 4.78 is 26.8. The fourth-order valence-corrected chi connectivity index (χ4v) is 5.58. The molecule has 0 amide bonds. The molecule has 4 aromatic rings. The highest BCUT2D eigenvalue weighted by Crippen LogP contribution is 2.30. The highest BCUT2D eigenvalue weighted by Gasteiger charge is 2.33. The van der Waals surface area contributed by atoms with Gasteiger partial charge in [-0.25, -0.2) is 14.2 Å². The van der Waals surface area contributed by atoms with E-state index >= 15 is 0 Å². The molecule has 1 aromatic heterocycles. The topological polar surface area (TPSA) is 69.9 Å². The lowest BCUT2D eigenvalue weighted by Crippen LogP contribution is -2.39. The number of hydrogen-bond acceptors (Lipinski definition) is 6. The van der Waals surface area contributed by atoms with Gasteiger partial charge in [0.2, 0.25) is 0 Å². The average Bonchev–Trinajstić information content (AvgIpc) is 3.23. The molecule has 0 saturated heterocycles. The lowest BCUT2D eigenvalue weighted by molar-refractivity contribution is -0.139. The Bertz CT molecular complexity index is 1740. The average molecular weight is 563 g/mol. The van der Waals surface area contributed by atoms with Crippen molar-refractivity contribution in [1.82, 2.24) is 4.57 Å². The molecule has 9 heteroatoms. The van der Waals surface area contributed by atoms with Crippen molar-refractivity contribution in [1.29, 1.82) is 0 Å². The van der Waals surface area contributed by atoms with Crippen molar-refractivity contribution in [3.8, 4) is 5.75 Å². The van der Waals surface area contributed by atoms with Gasteiger partial charge in [-0.3, -0.25) is 9.36 Å². The second-order valence-corrected chi connectivity index (χ2v) is 10.2. The van der Waals surface area contributed by atoms with Gasteiger partial charge in [0.25, 0.3) is 5.56 Å². The quantitative estimate of drug-likeness (QED) is 0.291. The van der Waals surface area contributed by atoms with Crippen LogP contribution >= 0.6 is 22.9 Å². The first kappa shape index (κ1) is 26.6. The number of fused-ring (bicyclic) bond motifs is 1. The fraction of sp³-hybridized carbons (Fsp3) is 0.167. The minimum Gasteiger partial charge on any atom is -0.489 e.